The van der Waals surface area contributed by atoms with Gasteiger partial charge in [-0.3, -0.25) is 14.5 Å². The Balaban J connectivity index is 1.50. The van der Waals surface area contributed by atoms with Gasteiger partial charge in [0.15, 0.2) is 0 Å². The Morgan fingerprint density at radius 1 is 1.11 bits per heavy atom. The van der Waals surface area contributed by atoms with E-state index in [4.69, 9.17) is 0 Å². The quantitative estimate of drug-likeness (QED) is 0.431. The first-order chi connectivity index (χ1) is 17.4. The Morgan fingerprint density at radius 3 is 2.61 bits per heavy atom. The molecule has 1 N–H and O–H groups in total. The van der Waals surface area contributed by atoms with E-state index in [2.05, 4.69) is 59.7 Å². The molecule has 2 aromatic heterocycles. The summed E-state index contributed by atoms with van der Waals surface area (Å²) in [6.07, 6.45) is 3.99. The Bertz CT molecular complexity index is 1480. The molecule has 0 spiro atoms. The molecule has 7 nitrogen and oxygen atoms in total. The summed E-state index contributed by atoms with van der Waals surface area (Å²) in [6, 6.07) is 12.8. The lowest BCUT2D eigenvalue weighted by molar-refractivity contribution is -0.122. The van der Waals surface area contributed by atoms with Crippen LogP contribution >= 0.6 is 0 Å². The first kappa shape index (κ1) is 24.3. The largest absolute Gasteiger partial charge is 0.353 e. The average Bonchev–Trinajstić information content (AvgIpc) is 3.44. The van der Waals surface area contributed by atoms with Gasteiger partial charge in [-0.1, -0.05) is 42.8 Å². The molecule has 1 fully saturated rings. The van der Waals surface area contributed by atoms with Crippen molar-refractivity contribution in [2.24, 2.45) is 0 Å². The number of aromatic nitrogens is 3. The van der Waals surface area contributed by atoms with Crippen LogP contribution in [-0.4, -0.2) is 50.8 Å². The molecule has 7 heteroatoms. The van der Waals surface area contributed by atoms with Gasteiger partial charge < -0.3 is 9.88 Å². The van der Waals surface area contributed by atoms with Crippen molar-refractivity contribution in [2.45, 2.75) is 59.7 Å². The van der Waals surface area contributed by atoms with E-state index in [1.165, 1.54) is 26.9 Å². The predicted octanol–water partition coefficient (Wildman–Crippen LogP) is 3.93. The molecule has 4 aromatic rings. The molecule has 36 heavy (non-hydrogen) atoms. The predicted molar refractivity (Wildman–Crippen MR) is 145 cm³/mol. The van der Waals surface area contributed by atoms with Crippen LogP contribution in [0.3, 0.4) is 0 Å². The number of amides is 1. The van der Waals surface area contributed by atoms with Crippen molar-refractivity contribution in [3.63, 3.8) is 0 Å². The van der Waals surface area contributed by atoms with Crippen LogP contribution in [0.5, 0.6) is 0 Å². The van der Waals surface area contributed by atoms with Crippen molar-refractivity contribution in [1.82, 2.24) is 24.6 Å². The Morgan fingerprint density at radius 2 is 1.86 bits per heavy atom. The molecule has 1 saturated heterocycles. The van der Waals surface area contributed by atoms with Gasteiger partial charge in [-0.25, -0.2) is 4.68 Å². The summed E-state index contributed by atoms with van der Waals surface area (Å²) < 4.78 is 3.39. The fraction of sp³-hybridized carbons (Fsp3) is 0.414. The maximum atomic E-state index is 13.7. The van der Waals surface area contributed by atoms with Crippen LogP contribution in [0, 0.1) is 20.8 Å². The van der Waals surface area contributed by atoms with E-state index in [-0.39, 0.29) is 18.0 Å². The molecule has 2 aromatic carbocycles. The number of benzene rings is 2. The fourth-order valence-corrected chi connectivity index (χ4v) is 5.85. The summed E-state index contributed by atoms with van der Waals surface area (Å²) in [6.45, 7) is 11.7. The zero-order valence-corrected chi connectivity index (χ0v) is 21.7. The van der Waals surface area contributed by atoms with E-state index in [0.717, 1.165) is 42.2 Å². The second kappa shape index (κ2) is 9.90. The standard InChI is InChI=1S/C29H35N5O2/c1-5-32-12-8-9-22(32)15-30-27(35)18-34-29(36)28-24(16-31-34)23-10-6-7-11-26(23)33(28)17-25-20(3)13-19(2)14-21(25)4/h6-7,10-11,13-14,16,22H,5,8-9,12,15,17-18H2,1-4H3,(H,30,35). The van der Waals surface area contributed by atoms with Crippen LogP contribution in [0.15, 0.2) is 47.4 Å². The highest BCUT2D eigenvalue weighted by molar-refractivity contribution is 6.07. The van der Waals surface area contributed by atoms with Gasteiger partial charge in [0.05, 0.1) is 6.20 Å². The van der Waals surface area contributed by atoms with Gasteiger partial charge in [-0.15, -0.1) is 0 Å². The summed E-state index contributed by atoms with van der Waals surface area (Å²) in [5, 5.41) is 9.24. The lowest BCUT2D eigenvalue weighted by atomic mass is 10.00. The number of rotatable bonds is 7. The SMILES string of the molecule is CCN1CCCC1CNC(=O)Cn1ncc2c3ccccc3n(Cc3c(C)cc(C)cc3C)c2c1=O. The van der Waals surface area contributed by atoms with Crippen molar-refractivity contribution in [3.05, 3.63) is 75.2 Å². The number of nitrogens with zero attached hydrogens (tertiary/aromatic N) is 4. The van der Waals surface area contributed by atoms with Gasteiger partial charge in [0.25, 0.3) is 5.56 Å². The number of nitrogens with one attached hydrogen (secondary N) is 1. The maximum absolute atomic E-state index is 13.7. The van der Waals surface area contributed by atoms with Crippen LogP contribution in [0.2, 0.25) is 0 Å². The third-order valence-corrected chi connectivity index (χ3v) is 7.66. The second-order valence-electron chi connectivity index (χ2n) is 10.1. The van der Waals surface area contributed by atoms with E-state index >= 15 is 0 Å². The summed E-state index contributed by atoms with van der Waals surface area (Å²) >= 11 is 0. The van der Waals surface area contributed by atoms with Crippen molar-refractivity contribution in [3.8, 4) is 0 Å². The summed E-state index contributed by atoms with van der Waals surface area (Å²) in [5.74, 6) is -0.181. The minimum Gasteiger partial charge on any atom is -0.353 e. The lowest BCUT2D eigenvalue weighted by Crippen LogP contribution is -2.42. The van der Waals surface area contributed by atoms with Crippen LogP contribution < -0.4 is 10.9 Å². The fourth-order valence-electron chi connectivity index (χ4n) is 5.85. The van der Waals surface area contributed by atoms with E-state index in [0.29, 0.717) is 24.6 Å². The Labute approximate surface area is 211 Å². The van der Waals surface area contributed by atoms with Crippen LogP contribution in [0.25, 0.3) is 21.8 Å². The van der Waals surface area contributed by atoms with E-state index in [9.17, 15) is 9.59 Å². The number of hydrogen-bond donors (Lipinski definition) is 1. The molecule has 0 aliphatic carbocycles. The van der Waals surface area contributed by atoms with E-state index < -0.39 is 0 Å². The van der Waals surface area contributed by atoms with Crippen molar-refractivity contribution in [2.75, 3.05) is 19.6 Å². The van der Waals surface area contributed by atoms with E-state index in [1.54, 1.807) is 6.20 Å². The number of aryl methyl sites for hydroxylation is 3. The molecule has 3 heterocycles. The number of carbonyl (C=O) groups excluding carboxylic acids is 1. The number of carbonyl (C=O) groups is 1. The smallest absolute Gasteiger partial charge is 0.291 e. The minimum absolute atomic E-state index is 0.0856. The van der Waals surface area contributed by atoms with Gasteiger partial charge >= 0.3 is 0 Å². The molecule has 1 aliphatic rings. The minimum atomic E-state index is -0.239. The first-order valence-corrected chi connectivity index (χ1v) is 12.9. The van der Waals surface area contributed by atoms with E-state index in [1.807, 2.05) is 24.3 Å². The van der Waals surface area contributed by atoms with Gasteiger partial charge in [-0.2, -0.15) is 5.10 Å². The zero-order valence-electron chi connectivity index (χ0n) is 21.7. The Hall–Kier alpha value is -3.45. The zero-order chi connectivity index (χ0) is 25.4. The number of fused-ring (bicyclic) bond motifs is 3. The topological polar surface area (TPSA) is 72.2 Å². The molecule has 1 atom stereocenters. The summed E-state index contributed by atoms with van der Waals surface area (Å²) in [5.41, 5.74) is 6.20. The number of likely N-dealkylation sites (tertiary alicyclic amines) is 1. The van der Waals surface area contributed by atoms with Crippen molar-refractivity contribution < 1.29 is 4.79 Å². The molecule has 0 radical (unpaired) electrons. The van der Waals surface area contributed by atoms with Crippen LogP contribution in [-0.2, 0) is 17.9 Å². The van der Waals surface area contributed by atoms with Gasteiger partial charge in [0, 0.05) is 35.4 Å². The molecule has 5 rings (SSSR count). The summed E-state index contributed by atoms with van der Waals surface area (Å²) in [7, 11) is 0. The first-order valence-electron chi connectivity index (χ1n) is 12.9. The molecule has 188 valence electrons. The summed E-state index contributed by atoms with van der Waals surface area (Å²) in [4.78, 5) is 28.9. The highest BCUT2D eigenvalue weighted by atomic mass is 16.2. The monoisotopic (exact) mass is 485 g/mol. The van der Waals surface area contributed by atoms with Crippen molar-refractivity contribution >= 4 is 27.7 Å². The number of hydrogen-bond acceptors (Lipinski definition) is 4. The number of likely N-dealkylation sites (N-methyl/N-ethyl adjacent to an activating group) is 1. The lowest BCUT2D eigenvalue weighted by Gasteiger charge is -2.22. The van der Waals surface area contributed by atoms with Gasteiger partial charge in [0.2, 0.25) is 5.91 Å². The van der Waals surface area contributed by atoms with Gasteiger partial charge in [-0.05, 0) is 69.5 Å². The third kappa shape index (κ3) is 4.44. The highest BCUT2D eigenvalue weighted by Crippen LogP contribution is 2.28. The van der Waals surface area contributed by atoms with Crippen LogP contribution in [0.1, 0.15) is 42.0 Å². The maximum Gasteiger partial charge on any atom is 0.291 e. The molecular formula is C29H35N5O2. The molecule has 0 saturated carbocycles. The third-order valence-electron chi connectivity index (χ3n) is 7.66. The molecular weight excluding hydrogens is 450 g/mol. The highest BCUT2D eigenvalue weighted by Gasteiger charge is 2.23. The molecule has 1 aliphatic heterocycles. The average molecular weight is 486 g/mol. The van der Waals surface area contributed by atoms with Crippen LogP contribution in [0.4, 0.5) is 0 Å². The molecule has 1 amide bonds. The second-order valence-corrected chi connectivity index (χ2v) is 10.1. The van der Waals surface area contributed by atoms with Crippen molar-refractivity contribution in [1.29, 1.82) is 0 Å². The van der Waals surface area contributed by atoms with Gasteiger partial charge in [0.1, 0.15) is 12.1 Å². The molecule has 1 unspecified atom stereocenters. The number of para-hydroxylation sites is 1. The normalized spacial score (nSPS) is 16.3. The Kier molecular flexibility index (Phi) is 6.67. The molecule has 0 bridgehead atoms.